The summed E-state index contributed by atoms with van der Waals surface area (Å²) in [6.45, 7) is 0.743. The van der Waals surface area contributed by atoms with E-state index in [-0.39, 0.29) is 17.7 Å². The van der Waals surface area contributed by atoms with Crippen molar-refractivity contribution in [3.05, 3.63) is 81.9 Å². The number of nitrogens with one attached hydrogen (secondary N) is 2. The third kappa shape index (κ3) is 6.39. The van der Waals surface area contributed by atoms with Crippen molar-refractivity contribution in [3.8, 4) is 16.9 Å². The molecule has 0 fully saturated rings. The fraction of sp³-hybridized carbons (Fsp3) is 0.250. The second-order valence-electron chi connectivity index (χ2n) is 9.48. The zero-order valence-corrected chi connectivity index (χ0v) is 22.8. The number of pyridine rings is 1. The van der Waals surface area contributed by atoms with Crippen LogP contribution in [0.4, 0.5) is 27.6 Å². The van der Waals surface area contributed by atoms with Gasteiger partial charge in [-0.2, -0.15) is 18.3 Å². The maximum atomic E-state index is 14.7. The molecular formula is C28H24F5N5O5. The Morgan fingerprint density at radius 2 is 1.81 bits per heavy atom. The minimum atomic E-state index is -4.70. The van der Waals surface area contributed by atoms with E-state index >= 15 is 0 Å². The van der Waals surface area contributed by atoms with Gasteiger partial charge >= 0.3 is 12.1 Å². The molecule has 3 N–H and O–H groups in total. The van der Waals surface area contributed by atoms with Crippen LogP contribution in [0.25, 0.3) is 22.0 Å². The number of aromatic nitrogens is 3. The lowest BCUT2D eigenvalue weighted by Gasteiger charge is -2.20. The Balaban J connectivity index is 1.66. The first-order valence-electron chi connectivity index (χ1n) is 12.6. The first-order valence-corrected chi connectivity index (χ1v) is 12.6. The Kier molecular flexibility index (Phi) is 8.64. The molecule has 0 saturated heterocycles. The number of ether oxygens (including phenoxy) is 1. The molecule has 4 aromatic rings. The predicted molar refractivity (Wildman–Crippen MR) is 145 cm³/mol. The molecule has 0 aliphatic heterocycles. The third-order valence-corrected chi connectivity index (χ3v) is 6.62. The minimum Gasteiger partial charge on any atom is -0.494 e. The third-order valence-electron chi connectivity index (χ3n) is 6.62. The summed E-state index contributed by atoms with van der Waals surface area (Å²) in [6.07, 6.45) is -2.24. The number of aryl methyl sites for hydroxylation is 1. The van der Waals surface area contributed by atoms with E-state index < -0.39 is 58.6 Å². The maximum absolute atomic E-state index is 14.7. The standard InChI is InChI=1S/C28H24F5N5O5/c1-13(28(31,32)33)36-15-10-18(29)23(19(30)11-15)25(39)37-20(27(41)42)9-14-6-7-17(24-16(14)5-4-8-34-24)22-21(43-3)12-35-38(2)26(22)40/h4-8,10-13,20,36H,9H2,1-3H3,(H,37,39)(H,41,42)/t13?,20-/m0/s1. The van der Waals surface area contributed by atoms with Crippen LogP contribution in [0.1, 0.15) is 22.8 Å². The number of nitrogens with zero attached hydrogens (tertiary/aromatic N) is 3. The number of halogens is 5. The Morgan fingerprint density at radius 1 is 1.14 bits per heavy atom. The molecule has 1 amide bonds. The fourth-order valence-corrected chi connectivity index (χ4v) is 4.39. The molecule has 0 aliphatic rings. The van der Waals surface area contributed by atoms with Crippen LogP contribution in [0.3, 0.4) is 0 Å². The lowest BCUT2D eigenvalue weighted by molar-refractivity contribution is -0.139. The summed E-state index contributed by atoms with van der Waals surface area (Å²) >= 11 is 0. The van der Waals surface area contributed by atoms with Crippen LogP contribution < -0.4 is 20.9 Å². The topological polar surface area (TPSA) is 135 Å². The van der Waals surface area contributed by atoms with Crippen LogP contribution in [0.15, 0.2) is 53.6 Å². The first kappa shape index (κ1) is 30.9. The predicted octanol–water partition coefficient (Wildman–Crippen LogP) is 4.07. The number of carbonyl (C=O) groups is 2. The summed E-state index contributed by atoms with van der Waals surface area (Å²) in [5.41, 5.74) is -1.01. The number of anilines is 1. The van der Waals surface area contributed by atoms with E-state index in [4.69, 9.17) is 4.74 Å². The number of carboxylic acid groups (broad SMARTS) is 1. The molecule has 1 unspecified atom stereocenters. The van der Waals surface area contributed by atoms with Crippen LogP contribution in [0.5, 0.6) is 5.75 Å². The molecule has 2 aromatic heterocycles. The van der Waals surface area contributed by atoms with Crippen molar-refractivity contribution < 1.29 is 41.4 Å². The average molecular weight is 606 g/mol. The van der Waals surface area contributed by atoms with Crippen LogP contribution in [0.2, 0.25) is 0 Å². The molecule has 2 atom stereocenters. The van der Waals surface area contributed by atoms with Crippen molar-refractivity contribution >= 4 is 28.5 Å². The molecule has 4 rings (SSSR count). The van der Waals surface area contributed by atoms with Crippen LogP contribution in [-0.2, 0) is 18.3 Å². The van der Waals surface area contributed by atoms with Crippen molar-refractivity contribution in [2.75, 3.05) is 12.4 Å². The highest BCUT2D eigenvalue weighted by molar-refractivity contribution is 5.99. The zero-order chi connectivity index (χ0) is 31.6. The van der Waals surface area contributed by atoms with Gasteiger partial charge in [0.05, 0.1) is 24.4 Å². The number of amides is 1. The fourth-order valence-electron chi connectivity index (χ4n) is 4.39. The first-order chi connectivity index (χ1) is 20.2. The number of carboxylic acids is 1. The van der Waals surface area contributed by atoms with Crippen molar-refractivity contribution in [2.24, 2.45) is 7.05 Å². The second kappa shape index (κ2) is 12.0. The number of benzene rings is 2. The van der Waals surface area contributed by atoms with E-state index in [2.05, 4.69) is 15.4 Å². The van der Waals surface area contributed by atoms with Gasteiger partial charge in [-0.15, -0.1) is 0 Å². The van der Waals surface area contributed by atoms with Crippen molar-refractivity contribution in [1.29, 1.82) is 0 Å². The summed E-state index contributed by atoms with van der Waals surface area (Å²) < 4.78 is 74.3. The SMILES string of the molecule is COc1cnn(C)c(=O)c1-c1ccc(C[C@H](NC(=O)c2c(F)cc(NC(C)C(F)(F)F)cc2F)C(=O)O)c2cccnc12. The van der Waals surface area contributed by atoms with Gasteiger partial charge in [0.15, 0.2) is 5.75 Å². The molecule has 2 heterocycles. The van der Waals surface area contributed by atoms with Gasteiger partial charge in [0, 0.05) is 36.3 Å². The molecule has 0 bridgehead atoms. The molecule has 10 nitrogen and oxygen atoms in total. The van der Waals surface area contributed by atoms with Gasteiger partial charge in [-0.3, -0.25) is 14.6 Å². The quantitative estimate of drug-likeness (QED) is 0.243. The smallest absolute Gasteiger partial charge is 0.408 e. The highest BCUT2D eigenvalue weighted by Gasteiger charge is 2.36. The van der Waals surface area contributed by atoms with E-state index in [1.165, 1.54) is 38.7 Å². The lowest BCUT2D eigenvalue weighted by Crippen LogP contribution is -2.43. The van der Waals surface area contributed by atoms with Crippen molar-refractivity contribution in [2.45, 2.75) is 31.6 Å². The number of hydrogen-bond acceptors (Lipinski definition) is 7. The van der Waals surface area contributed by atoms with Crippen molar-refractivity contribution in [1.82, 2.24) is 20.1 Å². The molecule has 2 aromatic carbocycles. The molecular weight excluding hydrogens is 581 g/mol. The maximum Gasteiger partial charge on any atom is 0.408 e. The monoisotopic (exact) mass is 605 g/mol. The second-order valence-corrected chi connectivity index (χ2v) is 9.48. The van der Waals surface area contributed by atoms with E-state index in [0.717, 1.165) is 11.6 Å². The summed E-state index contributed by atoms with van der Waals surface area (Å²) in [5, 5.41) is 18.2. The van der Waals surface area contributed by atoms with Gasteiger partial charge in [0.25, 0.3) is 11.5 Å². The molecule has 0 aliphatic carbocycles. The molecule has 226 valence electrons. The number of alkyl halides is 3. The molecule has 0 spiro atoms. The Bertz CT molecular complexity index is 1750. The summed E-state index contributed by atoms with van der Waals surface area (Å²) in [6, 6.07) is 3.42. The minimum absolute atomic E-state index is 0.159. The van der Waals surface area contributed by atoms with Gasteiger partial charge in [0.2, 0.25) is 0 Å². The van der Waals surface area contributed by atoms with Gasteiger partial charge < -0.3 is 20.5 Å². The summed E-state index contributed by atoms with van der Waals surface area (Å²) in [4.78, 5) is 42.2. The zero-order valence-electron chi connectivity index (χ0n) is 22.8. The Labute approximate surface area is 240 Å². The number of carbonyl (C=O) groups excluding carboxylic acids is 1. The molecule has 15 heteroatoms. The van der Waals surface area contributed by atoms with Crippen molar-refractivity contribution in [3.63, 3.8) is 0 Å². The van der Waals surface area contributed by atoms with E-state index in [9.17, 15) is 41.4 Å². The average Bonchev–Trinajstić information content (AvgIpc) is 2.93. The number of rotatable bonds is 9. The van der Waals surface area contributed by atoms with Gasteiger partial charge in [0.1, 0.15) is 29.3 Å². The lowest BCUT2D eigenvalue weighted by atomic mass is 9.95. The largest absolute Gasteiger partial charge is 0.494 e. The Hall–Kier alpha value is -5.08. The van der Waals surface area contributed by atoms with Gasteiger partial charge in [-0.1, -0.05) is 18.2 Å². The summed E-state index contributed by atoms with van der Waals surface area (Å²) in [7, 11) is 2.82. The highest BCUT2D eigenvalue weighted by Crippen LogP contribution is 2.33. The van der Waals surface area contributed by atoms with Crippen LogP contribution >= 0.6 is 0 Å². The molecule has 43 heavy (non-hydrogen) atoms. The number of hydrogen-bond donors (Lipinski definition) is 3. The number of fused-ring (bicyclic) bond motifs is 1. The van der Waals surface area contributed by atoms with Crippen LogP contribution in [0, 0.1) is 11.6 Å². The van der Waals surface area contributed by atoms with E-state index in [1.807, 2.05) is 5.32 Å². The van der Waals surface area contributed by atoms with Gasteiger partial charge in [-0.05, 0) is 30.7 Å². The number of aliphatic carboxylic acids is 1. The van der Waals surface area contributed by atoms with Crippen LogP contribution in [-0.4, -0.2) is 57.1 Å². The van der Waals surface area contributed by atoms with E-state index in [1.54, 1.807) is 12.1 Å². The highest BCUT2D eigenvalue weighted by atomic mass is 19.4. The molecule has 0 radical (unpaired) electrons. The number of methoxy groups -OCH3 is 1. The molecule has 0 saturated carbocycles. The normalized spacial score (nSPS) is 12.9. The Morgan fingerprint density at radius 3 is 2.42 bits per heavy atom. The van der Waals surface area contributed by atoms with Gasteiger partial charge in [-0.25, -0.2) is 18.3 Å². The summed E-state index contributed by atoms with van der Waals surface area (Å²) in [5.74, 6) is -5.77. The van der Waals surface area contributed by atoms with E-state index in [0.29, 0.717) is 34.2 Å².